The maximum atomic E-state index is 13.2. The summed E-state index contributed by atoms with van der Waals surface area (Å²) in [7, 11) is -1.51. The van der Waals surface area contributed by atoms with Crippen LogP contribution in [0.1, 0.15) is 44.0 Å². The molecular weight excluding hydrogens is 476 g/mol. The molecule has 3 atom stereocenters. The molecule has 0 spiro atoms. The third-order valence-electron chi connectivity index (χ3n) is 6.51. The van der Waals surface area contributed by atoms with Gasteiger partial charge in [-0.1, -0.05) is 18.2 Å². The molecule has 9 heteroatoms. The summed E-state index contributed by atoms with van der Waals surface area (Å²) < 4.78 is 21.6. The molecule has 0 saturated carbocycles. The lowest BCUT2D eigenvalue weighted by atomic mass is 10.1. The summed E-state index contributed by atoms with van der Waals surface area (Å²) >= 11 is 0. The average Bonchev–Trinajstić information content (AvgIpc) is 3.12. The number of nitrogens with zero attached hydrogens (tertiary/aromatic N) is 3. The highest BCUT2D eigenvalue weighted by Crippen LogP contribution is 2.32. The first kappa shape index (κ1) is 24.2. The van der Waals surface area contributed by atoms with Crippen LogP contribution in [0.15, 0.2) is 65.7 Å². The molecular formula is C27H30N4O4S. The van der Waals surface area contributed by atoms with Gasteiger partial charge in [-0.3, -0.25) is 14.7 Å². The van der Waals surface area contributed by atoms with Crippen molar-refractivity contribution in [3.05, 3.63) is 66.4 Å². The number of amides is 2. The Labute approximate surface area is 213 Å². The minimum Gasteiger partial charge on any atom is -0.444 e. The highest BCUT2D eigenvalue weighted by molar-refractivity contribution is 7.86. The maximum absolute atomic E-state index is 13.2. The summed E-state index contributed by atoms with van der Waals surface area (Å²) in [4.78, 5) is 34.5. The van der Waals surface area contributed by atoms with Crippen molar-refractivity contribution in [1.29, 1.82) is 0 Å². The molecule has 2 bridgehead atoms. The van der Waals surface area contributed by atoms with Gasteiger partial charge in [-0.2, -0.15) is 0 Å². The smallest absolute Gasteiger partial charge is 0.410 e. The summed E-state index contributed by atoms with van der Waals surface area (Å²) in [5.41, 5.74) is 1.35. The molecule has 0 radical (unpaired) electrons. The Hall–Kier alpha value is -3.46. The Morgan fingerprint density at radius 2 is 1.67 bits per heavy atom. The Kier molecular flexibility index (Phi) is 6.42. The summed E-state index contributed by atoms with van der Waals surface area (Å²) in [5.74, 6) is -0.0679. The molecule has 1 aromatic heterocycles. The van der Waals surface area contributed by atoms with E-state index in [4.69, 9.17) is 4.74 Å². The number of nitrogens with one attached hydrogen (secondary N) is 1. The largest absolute Gasteiger partial charge is 0.444 e. The van der Waals surface area contributed by atoms with Crippen molar-refractivity contribution in [2.45, 2.75) is 56.2 Å². The van der Waals surface area contributed by atoms with Crippen LogP contribution in [-0.4, -0.2) is 61.8 Å². The fourth-order valence-electron chi connectivity index (χ4n) is 4.93. The third kappa shape index (κ3) is 4.93. The number of pyridine rings is 1. The summed E-state index contributed by atoms with van der Waals surface area (Å²) in [6, 6.07) is 16.3. The van der Waals surface area contributed by atoms with Crippen LogP contribution < -0.4 is 4.72 Å². The molecule has 8 nitrogen and oxygen atoms in total. The predicted molar refractivity (Wildman–Crippen MR) is 139 cm³/mol. The van der Waals surface area contributed by atoms with Gasteiger partial charge in [0.1, 0.15) is 5.60 Å². The van der Waals surface area contributed by atoms with Crippen LogP contribution in [0.2, 0.25) is 0 Å². The first-order valence-electron chi connectivity index (χ1n) is 12.1. The number of carbonyl (C=O) groups excluding carboxylic acids is 2. The monoisotopic (exact) mass is 506 g/mol. The zero-order chi connectivity index (χ0) is 25.4. The average molecular weight is 507 g/mol. The van der Waals surface area contributed by atoms with E-state index in [0.717, 1.165) is 18.2 Å². The van der Waals surface area contributed by atoms with Gasteiger partial charge in [0.15, 0.2) is 11.0 Å². The minimum absolute atomic E-state index is 0.0276. The Balaban J connectivity index is 1.24. The zero-order valence-corrected chi connectivity index (χ0v) is 21.5. The Morgan fingerprint density at radius 1 is 1.00 bits per heavy atom. The molecule has 3 aromatic rings. The summed E-state index contributed by atoms with van der Waals surface area (Å²) in [5, 5.41) is 0.923. The Morgan fingerprint density at radius 3 is 2.33 bits per heavy atom. The lowest BCUT2D eigenvalue weighted by Crippen LogP contribution is -2.57. The molecule has 2 amide bonds. The molecule has 36 heavy (non-hydrogen) atoms. The van der Waals surface area contributed by atoms with E-state index in [1.54, 1.807) is 36.5 Å². The highest BCUT2D eigenvalue weighted by atomic mass is 32.2. The van der Waals surface area contributed by atoms with E-state index in [1.165, 1.54) is 0 Å². The van der Waals surface area contributed by atoms with Crippen molar-refractivity contribution in [1.82, 2.24) is 14.8 Å². The zero-order valence-electron chi connectivity index (χ0n) is 20.6. The van der Waals surface area contributed by atoms with E-state index in [1.807, 2.05) is 54.8 Å². The van der Waals surface area contributed by atoms with Gasteiger partial charge in [0.05, 0.1) is 22.5 Å². The van der Waals surface area contributed by atoms with Gasteiger partial charge in [-0.15, -0.1) is 0 Å². The third-order valence-corrected chi connectivity index (χ3v) is 7.66. The number of aromatic nitrogens is 1. The molecule has 3 heterocycles. The van der Waals surface area contributed by atoms with Crippen LogP contribution in [0, 0.1) is 0 Å². The van der Waals surface area contributed by atoms with Gasteiger partial charge in [-0.05, 0) is 70.0 Å². The number of ether oxygens (including phenoxy) is 1. The van der Waals surface area contributed by atoms with Crippen molar-refractivity contribution < 1.29 is 18.5 Å². The molecule has 0 aliphatic carbocycles. The standard InChI is InChI=1S/C27H30N4O4S/c1-27(2,3)35-26(33)31-21-13-14-22(31)17-30(16-21)25(32)19-9-11-20(12-10-19)29-36(34)23-8-4-6-18-7-5-15-28-24(18)23/h4-12,15,21-22,29H,13-14,16-17H2,1-3H3. The van der Waals surface area contributed by atoms with E-state index in [-0.39, 0.29) is 24.1 Å². The van der Waals surface area contributed by atoms with Gasteiger partial charge < -0.3 is 14.4 Å². The molecule has 2 fully saturated rings. The number of carbonyl (C=O) groups is 2. The second-order valence-corrected chi connectivity index (χ2v) is 11.4. The van der Waals surface area contributed by atoms with Crippen LogP contribution in [0.25, 0.3) is 10.9 Å². The number of rotatable bonds is 4. The lowest BCUT2D eigenvalue weighted by molar-refractivity contribution is -0.00335. The molecule has 5 rings (SSSR count). The van der Waals surface area contributed by atoms with Crippen LogP contribution >= 0.6 is 0 Å². The van der Waals surface area contributed by atoms with E-state index < -0.39 is 16.6 Å². The van der Waals surface area contributed by atoms with Crippen LogP contribution in [0.4, 0.5) is 10.5 Å². The van der Waals surface area contributed by atoms with Crippen LogP contribution in [0.5, 0.6) is 0 Å². The molecule has 2 aliphatic rings. The highest BCUT2D eigenvalue weighted by Gasteiger charge is 2.45. The quantitative estimate of drug-likeness (QED) is 0.559. The van der Waals surface area contributed by atoms with Crippen molar-refractivity contribution in [2.75, 3.05) is 17.8 Å². The van der Waals surface area contributed by atoms with Gasteiger partial charge in [-0.25, -0.2) is 9.00 Å². The topological polar surface area (TPSA) is 91.8 Å². The number of para-hydroxylation sites is 1. The number of fused-ring (bicyclic) bond motifs is 3. The minimum atomic E-state index is -1.51. The lowest BCUT2D eigenvalue weighted by Gasteiger charge is -2.41. The maximum Gasteiger partial charge on any atom is 0.410 e. The van der Waals surface area contributed by atoms with Gasteiger partial charge in [0.25, 0.3) is 5.91 Å². The number of likely N-dealkylation sites (tertiary alicyclic amines) is 1. The van der Waals surface area contributed by atoms with E-state index in [0.29, 0.717) is 34.8 Å². The van der Waals surface area contributed by atoms with Crippen LogP contribution in [-0.2, 0) is 15.7 Å². The van der Waals surface area contributed by atoms with E-state index in [2.05, 4.69) is 9.71 Å². The van der Waals surface area contributed by atoms with Crippen molar-refractivity contribution in [3.63, 3.8) is 0 Å². The number of piperazine rings is 1. The summed E-state index contributed by atoms with van der Waals surface area (Å²) in [6.07, 6.45) is 3.12. The fraction of sp³-hybridized carbons (Fsp3) is 0.370. The number of hydrogen-bond acceptors (Lipinski definition) is 5. The van der Waals surface area contributed by atoms with Gasteiger partial charge in [0.2, 0.25) is 0 Å². The van der Waals surface area contributed by atoms with Gasteiger partial charge >= 0.3 is 6.09 Å². The molecule has 1 N–H and O–H groups in total. The van der Waals surface area contributed by atoms with Crippen molar-refractivity contribution in [3.8, 4) is 0 Å². The molecule has 2 saturated heterocycles. The second-order valence-electron chi connectivity index (χ2n) is 10.3. The first-order valence-corrected chi connectivity index (χ1v) is 13.3. The molecule has 3 unspecified atom stereocenters. The normalized spacial score (nSPS) is 20.3. The van der Waals surface area contributed by atoms with Crippen LogP contribution in [0.3, 0.4) is 0 Å². The summed E-state index contributed by atoms with van der Waals surface area (Å²) in [6.45, 7) is 6.57. The predicted octanol–water partition coefficient (Wildman–Crippen LogP) is 4.59. The fourth-order valence-corrected chi connectivity index (χ4v) is 5.94. The van der Waals surface area contributed by atoms with Gasteiger partial charge in [0, 0.05) is 35.9 Å². The van der Waals surface area contributed by atoms with E-state index >= 15 is 0 Å². The number of hydrogen-bond donors (Lipinski definition) is 1. The Bertz CT molecular complexity index is 1300. The van der Waals surface area contributed by atoms with Crippen molar-refractivity contribution >= 4 is 39.6 Å². The molecule has 188 valence electrons. The van der Waals surface area contributed by atoms with E-state index in [9.17, 15) is 13.8 Å². The number of benzene rings is 2. The molecule has 2 aliphatic heterocycles. The second kappa shape index (κ2) is 9.54. The van der Waals surface area contributed by atoms with Crippen molar-refractivity contribution in [2.24, 2.45) is 0 Å². The molecule has 2 aromatic carbocycles. The number of anilines is 1. The SMILES string of the molecule is CC(C)(C)OC(=O)N1C2CCC1CN(C(=O)c1ccc(NS(=O)c3cccc4cccnc34)cc1)C2. The first-order chi connectivity index (χ1) is 17.2.